The van der Waals surface area contributed by atoms with E-state index < -0.39 is 0 Å². The van der Waals surface area contributed by atoms with Gasteiger partial charge in [0.15, 0.2) is 6.29 Å². The highest BCUT2D eigenvalue weighted by atomic mass is 16.7. The first kappa shape index (κ1) is 14.1. The molecule has 0 radical (unpaired) electrons. The van der Waals surface area contributed by atoms with E-state index in [1.54, 1.807) is 0 Å². The lowest BCUT2D eigenvalue weighted by atomic mass is 10.2. The third kappa shape index (κ3) is 2.98. The lowest BCUT2D eigenvalue weighted by molar-refractivity contribution is -0.143. The molecule has 19 heavy (non-hydrogen) atoms. The molecule has 1 aromatic rings. The Morgan fingerprint density at radius 2 is 2.05 bits per heavy atom. The molecule has 106 valence electrons. The van der Waals surface area contributed by atoms with Crippen LogP contribution in [-0.4, -0.2) is 30.0 Å². The van der Waals surface area contributed by atoms with Crippen molar-refractivity contribution in [2.75, 3.05) is 13.2 Å². The fraction of sp³-hybridized carbons (Fsp3) is 0.643. The molecule has 1 aliphatic rings. The average molecular weight is 266 g/mol. The fourth-order valence-corrected chi connectivity index (χ4v) is 2.69. The summed E-state index contributed by atoms with van der Waals surface area (Å²) in [5.41, 5.74) is 8.47. The van der Waals surface area contributed by atoms with Crippen molar-refractivity contribution in [3.05, 3.63) is 23.0 Å². The van der Waals surface area contributed by atoms with Crippen LogP contribution in [0, 0.1) is 0 Å². The van der Waals surface area contributed by atoms with E-state index in [1.807, 2.05) is 24.5 Å². The minimum atomic E-state index is -0.388. The van der Waals surface area contributed by atoms with Crippen LogP contribution in [0.5, 0.6) is 0 Å². The normalized spacial score (nSPS) is 14.1. The zero-order valence-corrected chi connectivity index (χ0v) is 11.6. The summed E-state index contributed by atoms with van der Waals surface area (Å²) in [7, 11) is 0. The smallest absolute Gasteiger partial charge is 0.265 e. The molecule has 1 aliphatic carbocycles. The van der Waals surface area contributed by atoms with Crippen LogP contribution in [0.15, 0.2) is 6.07 Å². The molecule has 1 heterocycles. The van der Waals surface area contributed by atoms with Gasteiger partial charge in [-0.05, 0) is 44.7 Å². The molecule has 0 saturated heterocycles. The molecule has 1 aromatic heterocycles. The summed E-state index contributed by atoms with van der Waals surface area (Å²) in [5, 5.41) is 0. The Kier molecular flexibility index (Phi) is 4.61. The van der Waals surface area contributed by atoms with Crippen LogP contribution >= 0.6 is 0 Å². The number of carbonyl (C=O) groups is 1. The zero-order valence-electron chi connectivity index (χ0n) is 11.6. The van der Waals surface area contributed by atoms with Crippen LogP contribution in [0.1, 0.15) is 42.0 Å². The van der Waals surface area contributed by atoms with Crippen molar-refractivity contribution in [1.29, 1.82) is 0 Å². The van der Waals surface area contributed by atoms with Crippen LogP contribution in [0.25, 0.3) is 0 Å². The van der Waals surface area contributed by atoms with E-state index >= 15 is 0 Å². The van der Waals surface area contributed by atoms with E-state index in [0.29, 0.717) is 25.5 Å². The molecular weight excluding hydrogens is 244 g/mol. The molecule has 0 bridgehead atoms. The van der Waals surface area contributed by atoms with Gasteiger partial charge in [0.05, 0.1) is 6.54 Å². The standard InChI is InChI=1S/C14H22N2O3/c1-3-18-13(19-4-2)9-16-11-7-5-6-10(11)8-12(16)14(15)17/h8,13H,3-7,9H2,1-2H3,(H2,15,17). The summed E-state index contributed by atoms with van der Waals surface area (Å²) in [6.07, 6.45) is 2.83. The first-order chi connectivity index (χ1) is 9.17. The molecule has 0 atom stereocenters. The van der Waals surface area contributed by atoms with Crippen LogP contribution in [0.3, 0.4) is 0 Å². The van der Waals surface area contributed by atoms with Crippen molar-refractivity contribution in [2.45, 2.75) is 45.9 Å². The maximum atomic E-state index is 11.5. The molecule has 0 aliphatic heterocycles. The summed E-state index contributed by atoms with van der Waals surface area (Å²) >= 11 is 0. The second-order valence-corrected chi connectivity index (χ2v) is 4.67. The molecule has 5 heteroatoms. The van der Waals surface area contributed by atoms with Crippen molar-refractivity contribution in [3.8, 4) is 0 Å². The molecule has 0 fully saturated rings. The van der Waals surface area contributed by atoms with Crippen molar-refractivity contribution < 1.29 is 14.3 Å². The van der Waals surface area contributed by atoms with Gasteiger partial charge in [-0.3, -0.25) is 4.79 Å². The number of aromatic nitrogens is 1. The number of nitrogens with zero attached hydrogens (tertiary/aromatic N) is 1. The predicted octanol–water partition coefficient (Wildman–Crippen LogP) is 1.47. The van der Waals surface area contributed by atoms with E-state index in [9.17, 15) is 4.79 Å². The van der Waals surface area contributed by atoms with Gasteiger partial charge in [0.1, 0.15) is 5.69 Å². The Morgan fingerprint density at radius 1 is 1.37 bits per heavy atom. The van der Waals surface area contributed by atoms with E-state index in [4.69, 9.17) is 15.2 Å². The number of hydrogen-bond donors (Lipinski definition) is 1. The van der Waals surface area contributed by atoms with Crippen molar-refractivity contribution in [2.24, 2.45) is 5.73 Å². The molecule has 2 rings (SSSR count). The van der Waals surface area contributed by atoms with Crippen LogP contribution < -0.4 is 5.73 Å². The third-order valence-corrected chi connectivity index (χ3v) is 3.45. The Labute approximate surface area is 113 Å². The lowest BCUT2D eigenvalue weighted by Gasteiger charge is -2.20. The third-order valence-electron chi connectivity index (χ3n) is 3.45. The van der Waals surface area contributed by atoms with E-state index in [0.717, 1.165) is 19.3 Å². The van der Waals surface area contributed by atoms with Crippen molar-refractivity contribution in [3.63, 3.8) is 0 Å². The van der Waals surface area contributed by atoms with Crippen LogP contribution in [0.2, 0.25) is 0 Å². The van der Waals surface area contributed by atoms with Gasteiger partial charge in [-0.2, -0.15) is 0 Å². The monoisotopic (exact) mass is 266 g/mol. The minimum Gasteiger partial charge on any atom is -0.364 e. The number of rotatable bonds is 7. The predicted molar refractivity (Wildman–Crippen MR) is 72.0 cm³/mol. The molecule has 0 saturated carbocycles. The average Bonchev–Trinajstić information content (AvgIpc) is 2.92. The highest BCUT2D eigenvalue weighted by molar-refractivity contribution is 5.91. The Balaban J connectivity index is 2.24. The summed E-state index contributed by atoms with van der Waals surface area (Å²) < 4.78 is 13.1. The molecule has 2 N–H and O–H groups in total. The van der Waals surface area contributed by atoms with Gasteiger partial charge in [0.2, 0.25) is 0 Å². The quantitative estimate of drug-likeness (QED) is 0.760. The molecule has 5 nitrogen and oxygen atoms in total. The van der Waals surface area contributed by atoms with Gasteiger partial charge < -0.3 is 19.8 Å². The number of ether oxygens (including phenoxy) is 2. The molecule has 0 unspecified atom stereocenters. The summed E-state index contributed by atoms with van der Waals surface area (Å²) in [6, 6.07) is 1.92. The summed E-state index contributed by atoms with van der Waals surface area (Å²) in [6.45, 7) is 5.55. The summed E-state index contributed by atoms with van der Waals surface area (Å²) in [5.74, 6) is -0.388. The molecule has 0 spiro atoms. The number of hydrogen-bond acceptors (Lipinski definition) is 3. The van der Waals surface area contributed by atoms with Gasteiger partial charge in [0.25, 0.3) is 5.91 Å². The second kappa shape index (κ2) is 6.21. The number of amides is 1. The van der Waals surface area contributed by atoms with Crippen LogP contribution in [-0.2, 0) is 28.9 Å². The van der Waals surface area contributed by atoms with Crippen molar-refractivity contribution >= 4 is 5.91 Å². The number of primary amides is 1. The lowest BCUT2D eigenvalue weighted by Crippen LogP contribution is -2.27. The highest BCUT2D eigenvalue weighted by Crippen LogP contribution is 2.26. The molecular formula is C14H22N2O3. The number of carbonyl (C=O) groups excluding carboxylic acids is 1. The van der Waals surface area contributed by atoms with E-state index in [2.05, 4.69) is 0 Å². The highest BCUT2D eigenvalue weighted by Gasteiger charge is 2.24. The van der Waals surface area contributed by atoms with E-state index in [1.165, 1.54) is 11.3 Å². The SMILES string of the molecule is CCOC(Cn1c(C(N)=O)cc2c1CCC2)OCC. The number of fused-ring (bicyclic) bond motifs is 1. The minimum absolute atomic E-state index is 0.329. The van der Waals surface area contributed by atoms with Gasteiger partial charge in [-0.25, -0.2) is 0 Å². The Morgan fingerprint density at radius 3 is 2.63 bits per heavy atom. The molecule has 0 aromatic carbocycles. The Bertz CT molecular complexity index is 448. The number of aryl methyl sites for hydroxylation is 1. The van der Waals surface area contributed by atoms with Gasteiger partial charge >= 0.3 is 0 Å². The first-order valence-corrected chi connectivity index (χ1v) is 6.91. The topological polar surface area (TPSA) is 66.5 Å². The fourth-order valence-electron chi connectivity index (χ4n) is 2.69. The second-order valence-electron chi connectivity index (χ2n) is 4.67. The zero-order chi connectivity index (χ0) is 13.8. The number of nitrogens with two attached hydrogens (primary N) is 1. The first-order valence-electron chi connectivity index (χ1n) is 6.91. The largest absolute Gasteiger partial charge is 0.364 e. The van der Waals surface area contributed by atoms with Gasteiger partial charge in [-0.1, -0.05) is 0 Å². The van der Waals surface area contributed by atoms with Gasteiger partial charge in [-0.15, -0.1) is 0 Å². The molecule has 1 amide bonds. The van der Waals surface area contributed by atoms with Gasteiger partial charge in [0, 0.05) is 18.9 Å². The Hall–Kier alpha value is -1.33. The summed E-state index contributed by atoms with van der Waals surface area (Å²) in [4.78, 5) is 11.5. The van der Waals surface area contributed by atoms with E-state index in [-0.39, 0.29) is 12.2 Å². The maximum absolute atomic E-state index is 11.5. The van der Waals surface area contributed by atoms with Crippen LogP contribution in [0.4, 0.5) is 0 Å². The van der Waals surface area contributed by atoms with Crippen molar-refractivity contribution in [1.82, 2.24) is 4.57 Å². The maximum Gasteiger partial charge on any atom is 0.265 e.